The Balaban J connectivity index is 1.50. The van der Waals surface area contributed by atoms with Crippen molar-refractivity contribution in [1.29, 1.82) is 0 Å². The molecule has 0 aliphatic carbocycles. The number of imide groups is 1. The molecule has 1 N–H and O–H groups in total. The van der Waals surface area contributed by atoms with E-state index in [9.17, 15) is 19.2 Å². The standard InChI is InChI=1S/C23H24N2O5/c1-3-16-9-6-7-15(2)22(16)24-19(26)14-30-21(28)11-12-25-20(27)13-17-8-4-5-10-18(17)23(25)29/h4-10H,3,11-14H2,1-2H3,(H,24,26). The molecule has 0 radical (unpaired) electrons. The maximum atomic E-state index is 12.5. The van der Waals surface area contributed by atoms with Gasteiger partial charge in [0.2, 0.25) is 5.91 Å². The van der Waals surface area contributed by atoms with E-state index in [0.717, 1.165) is 28.1 Å². The maximum Gasteiger partial charge on any atom is 0.308 e. The molecule has 0 spiro atoms. The summed E-state index contributed by atoms with van der Waals surface area (Å²) in [5.74, 6) is -1.86. The first-order valence-electron chi connectivity index (χ1n) is 9.87. The predicted octanol–water partition coefficient (Wildman–Crippen LogP) is 2.65. The van der Waals surface area contributed by atoms with E-state index in [-0.39, 0.29) is 25.3 Å². The van der Waals surface area contributed by atoms with Crippen LogP contribution in [0.3, 0.4) is 0 Å². The number of para-hydroxylation sites is 1. The molecular weight excluding hydrogens is 384 g/mol. The Morgan fingerprint density at radius 1 is 1.10 bits per heavy atom. The van der Waals surface area contributed by atoms with Crippen LogP contribution in [-0.4, -0.2) is 41.7 Å². The maximum absolute atomic E-state index is 12.5. The van der Waals surface area contributed by atoms with Crippen molar-refractivity contribution in [3.05, 3.63) is 64.7 Å². The van der Waals surface area contributed by atoms with Crippen molar-refractivity contribution >= 4 is 29.4 Å². The Morgan fingerprint density at radius 2 is 1.87 bits per heavy atom. The third kappa shape index (κ3) is 4.74. The van der Waals surface area contributed by atoms with Crippen LogP contribution in [0.25, 0.3) is 0 Å². The molecule has 1 aliphatic rings. The van der Waals surface area contributed by atoms with E-state index in [1.165, 1.54) is 0 Å². The van der Waals surface area contributed by atoms with Crippen LogP contribution in [-0.2, 0) is 32.0 Å². The lowest BCUT2D eigenvalue weighted by molar-refractivity contribution is -0.147. The fourth-order valence-corrected chi connectivity index (χ4v) is 3.43. The molecule has 2 aromatic carbocycles. The van der Waals surface area contributed by atoms with Gasteiger partial charge < -0.3 is 10.1 Å². The Morgan fingerprint density at radius 3 is 2.63 bits per heavy atom. The fourth-order valence-electron chi connectivity index (χ4n) is 3.43. The van der Waals surface area contributed by atoms with Gasteiger partial charge >= 0.3 is 5.97 Å². The molecule has 0 saturated heterocycles. The van der Waals surface area contributed by atoms with Gasteiger partial charge in [-0.3, -0.25) is 24.1 Å². The summed E-state index contributed by atoms with van der Waals surface area (Å²) in [6.07, 6.45) is 0.713. The topological polar surface area (TPSA) is 92.8 Å². The summed E-state index contributed by atoms with van der Waals surface area (Å²) in [4.78, 5) is 50.0. The minimum absolute atomic E-state index is 0.0791. The molecule has 2 aromatic rings. The van der Waals surface area contributed by atoms with Crippen LogP contribution in [0.5, 0.6) is 0 Å². The van der Waals surface area contributed by atoms with Gasteiger partial charge in [-0.1, -0.05) is 43.3 Å². The summed E-state index contributed by atoms with van der Waals surface area (Å²) in [5, 5.41) is 2.78. The Bertz CT molecular complexity index is 999. The minimum atomic E-state index is -0.648. The van der Waals surface area contributed by atoms with Crippen LogP contribution in [0.15, 0.2) is 42.5 Å². The summed E-state index contributed by atoms with van der Waals surface area (Å²) < 4.78 is 5.02. The number of benzene rings is 2. The van der Waals surface area contributed by atoms with Gasteiger partial charge in [0.25, 0.3) is 11.8 Å². The van der Waals surface area contributed by atoms with Crippen LogP contribution in [0.4, 0.5) is 5.69 Å². The van der Waals surface area contributed by atoms with Gasteiger partial charge in [-0.15, -0.1) is 0 Å². The highest BCUT2D eigenvalue weighted by Crippen LogP contribution is 2.21. The summed E-state index contributed by atoms with van der Waals surface area (Å²) in [6, 6.07) is 12.7. The number of carbonyl (C=O) groups excluding carboxylic acids is 4. The Hall–Kier alpha value is -3.48. The molecule has 3 amide bonds. The molecule has 1 heterocycles. The molecule has 0 fully saturated rings. The van der Waals surface area contributed by atoms with Crippen molar-refractivity contribution in [1.82, 2.24) is 4.90 Å². The number of hydrogen-bond donors (Lipinski definition) is 1. The fraction of sp³-hybridized carbons (Fsp3) is 0.304. The van der Waals surface area contributed by atoms with Gasteiger partial charge in [-0.2, -0.15) is 0 Å². The molecule has 0 unspecified atom stereocenters. The summed E-state index contributed by atoms with van der Waals surface area (Å²) in [7, 11) is 0. The van der Waals surface area contributed by atoms with Crippen molar-refractivity contribution in [2.45, 2.75) is 33.1 Å². The number of amides is 3. The van der Waals surface area contributed by atoms with Crippen molar-refractivity contribution in [3.63, 3.8) is 0 Å². The Labute approximate surface area is 175 Å². The second-order valence-corrected chi connectivity index (χ2v) is 7.11. The van der Waals surface area contributed by atoms with Crippen LogP contribution < -0.4 is 5.32 Å². The Kier molecular flexibility index (Phi) is 6.61. The highest BCUT2D eigenvalue weighted by molar-refractivity contribution is 6.09. The van der Waals surface area contributed by atoms with Gasteiger partial charge in [-0.25, -0.2) is 0 Å². The lowest BCUT2D eigenvalue weighted by Crippen LogP contribution is -2.43. The minimum Gasteiger partial charge on any atom is -0.456 e. The summed E-state index contributed by atoms with van der Waals surface area (Å²) in [6.45, 7) is 3.38. The lowest BCUT2D eigenvalue weighted by atomic mass is 9.98. The van der Waals surface area contributed by atoms with E-state index < -0.39 is 24.4 Å². The number of aryl methyl sites for hydroxylation is 2. The number of nitrogens with zero attached hydrogens (tertiary/aromatic N) is 1. The third-order valence-corrected chi connectivity index (χ3v) is 5.04. The molecule has 156 valence electrons. The number of ether oxygens (including phenoxy) is 1. The number of hydrogen-bond acceptors (Lipinski definition) is 5. The van der Waals surface area contributed by atoms with E-state index >= 15 is 0 Å². The SMILES string of the molecule is CCc1cccc(C)c1NC(=O)COC(=O)CCN1C(=O)Cc2ccccc2C1=O. The second kappa shape index (κ2) is 9.35. The first kappa shape index (κ1) is 21.2. The van der Waals surface area contributed by atoms with E-state index in [1.807, 2.05) is 32.0 Å². The molecule has 0 bridgehead atoms. The van der Waals surface area contributed by atoms with E-state index in [4.69, 9.17) is 4.74 Å². The van der Waals surface area contributed by atoms with Crippen LogP contribution in [0, 0.1) is 6.92 Å². The second-order valence-electron chi connectivity index (χ2n) is 7.11. The van der Waals surface area contributed by atoms with Crippen molar-refractivity contribution in [2.24, 2.45) is 0 Å². The number of nitrogens with one attached hydrogen (secondary N) is 1. The third-order valence-electron chi connectivity index (χ3n) is 5.04. The molecular formula is C23H24N2O5. The van der Waals surface area contributed by atoms with Crippen LogP contribution >= 0.6 is 0 Å². The van der Waals surface area contributed by atoms with Gasteiger partial charge in [0, 0.05) is 17.8 Å². The van der Waals surface area contributed by atoms with Crippen molar-refractivity contribution in [2.75, 3.05) is 18.5 Å². The number of rotatable bonds is 7. The van der Waals surface area contributed by atoms with Gasteiger partial charge in [0.05, 0.1) is 12.8 Å². The zero-order valence-corrected chi connectivity index (χ0v) is 17.1. The lowest BCUT2D eigenvalue weighted by Gasteiger charge is -2.26. The van der Waals surface area contributed by atoms with Crippen LogP contribution in [0.1, 0.15) is 40.4 Å². The molecule has 0 saturated carbocycles. The predicted molar refractivity (Wildman–Crippen MR) is 111 cm³/mol. The largest absolute Gasteiger partial charge is 0.456 e. The summed E-state index contributed by atoms with van der Waals surface area (Å²) >= 11 is 0. The van der Waals surface area contributed by atoms with Gasteiger partial charge in [0.1, 0.15) is 0 Å². The molecule has 7 nitrogen and oxygen atoms in total. The number of anilines is 1. The highest BCUT2D eigenvalue weighted by atomic mass is 16.5. The molecule has 0 atom stereocenters. The quantitative estimate of drug-likeness (QED) is 0.562. The highest BCUT2D eigenvalue weighted by Gasteiger charge is 2.30. The van der Waals surface area contributed by atoms with Gasteiger partial charge in [0.15, 0.2) is 6.61 Å². The van der Waals surface area contributed by atoms with Crippen molar-refractivity contribution in [3.8, 4) is 0 Å². The zero-order chi connectivity index (χ0) is 21.7. The molecule has 0 aromatic heterocycles. The average molecular weight is 408 g/mol. The first-order valence-corrected chi connectivity index (χ1v) is 9.87. The number of fused-ring (bicyclic) bond motifs is 1. The molecule has 30 heavy (non-hydrogen) atoms. The first-order chi connectivity index (χ1) is 14.4. The molecule has 1 aliphatic heterocycles. The van der Waals surface area contributed by atoms with Crippen molar-refractivity contribution < 1.29 is 23.9 Å². The van der Waals surface area contributed by atoms with E-state index in [2.05, 4.69) is 5.32 Å². The number of esters is 1. The monoisotopic (exact) mass is 408 g/mol. The van der Waals surface area contributed by atoms with Gasteiger partial charge in [-0.05, 0) is 36.1 Å². The van der Waals surface area contributed by atoms with Crippen LogP contribution in [0.2, 0.25) is 0 Å². The molecule has 3 rings (SSSR count). The average Bonchev–Trinajstić information content (AvgIpc) is 2.73. The number of carbonyl (C=O) groups is 4. The molecule has 7 heteroatoms. The normalized spacial score (nSPS) is 13.1. The van der Waals surface area contributed by atoms with E-state index in [1.54, 1.807) is 24.3 Å². The smallest absolute Gasteiger partial charge is 0.308 e. The van der Waals surface area contributed by atoms with E-state index in [0.29, 0.717) is 11.1 Å². The zero-order valence-electron chi connectivity index (χ0n) is 17.1. The summed E-state index contributed by atoms with van der Waals surface area (Å²) in [5.41, 5.74) is 3.80.